The van der Waals surface area contributed by atoms with Gasteiger partial charge < -0.3 is 20.9 Å². The van der Waals surface area contributed by atoms with E-state index < -0.39 is 30.7 Å². The summed E-state index contributed by atoms with van der Waals surface area (Å²) < 4.78 is 37.6. The van der Waals surface area contributed by atoms with Crippen LogP contribution in [-0.2, 0) is 4.79 Å². The van der Waals surface area contributed by atoms with Crippen LogP contribution in [0, 0.1) is 11.8 Å². The van der Waals surface area contributed by atoms with Gasteiger partial charge in [-0.25, -0.2) is 4.79 Å². The molecule has 192 valence electrons. The number of nitrogens with zero attached hydrogens (tertiary/aromatic N) is 1. The number of carbonyl (C=O) groups is 2. The van der Waals surface area contributed by atoms with Crippen molar-refractivity contribution in [2.75, 3.05) is 18.4 Å². The van der Waals surface area contributed by atoms with Crippen LogP contribution in [-0.4, -0.2) is 42.1 Å². The predicted molar refractivity (Wildman–Crippen MR) is 130 cm³/mol. The van der Waals surface area contributed by atoms with E-state index in [1.165, 1.54) is 5.56 Å². The van der Waals surface area contributed by atoms with Crippen molar-refractivity contribution in [2.24, 2.45) is 11.8 Å². The molecule has 3 amide bonds. The molecule has 2 fully saturated rings. The first-order valence-corrected chi connectivity index (χ1v) is 12.6. The molecule has 0 unspecified atom stereocenters. The Bertz CT molecular complexity index is 1090. The molecule has 0 spiro atoms. The molecular weight excluding hydrogens is 469 g/mol. The average Bonchev–Trinajstić information content (AvgIpc) is 3.33. The van der Waals surface area contributed by atoms with Crippen LogP contribution in [0.15, 0.2) is 54.6 Å². The van der Waals surface area contributed by atoms with Crippen LogP contribution in [0.25, 0.3) is 0 Å². The molecule has 2 heterocycles. The standard InChI is InChI=1S/C27H31F3N4O2/c28-27(29,30)16-31-26(36)33-22-13-7-5-11-19(22)25(35)34-15-14-20-23(17-8-2-1-3-9-17)32-21-12-6-4-10-18(21)24(20)34/h1-4,6,8-10,12,19-20,22-24,32H,5,7,11,13-16H2,(H2,31,33,36)/t19-,20+,22+,23-,24-/m0/s1. The molecule has 3 aliphatic rings. The Hall–Kier alpha value is -3.23. The fourth-order valence-electron chi connectivity index (χ4n) is 6.17. The van der Waals surface area contributed by atoms with Crippen molar-refractivity contribution in [2.45, 2.75) is 56.4 Å². The summed E-state index contributed by atoms with van der Waals surface area (Å²) in [5.41, 5.74) is 3.27. The first kappa shape index (κ1) is 24.5. The van der Waals surface area contributed by atoms with E-state index in [0.29, 0.717) is 19.4 Å². The zero-order chi connectivity index (χ0) is 25.3. The second-order valence-corrected chi connectivity index (χ2v) is 9.99. The summed E-state index contributed by atoms with van der Waals surface area (Å²) in [5, 5.41) is 8.22. The van der Waals surface area contributed by atoms with Gasteiger partial charge in [0.1, 0.15) is 6.54 Å². The van der Waals surface area contributed by atoms with Crippen molar-refractivity contribution in [1.29, 1.82) is 0 Å². The molecule has 0 radical (unpaired) electrons. The average molecular weight is 501 g/mol. The Morgan fingerprint density at radius 3 is 2.47 bits per heavy atom. The number of alkyl halides is 3. The molecular formula is C27H31F3N4O2. The first-order valence-electron chi connectivity index (χ1n) is 12.6. The summed E-state index contributed by atoms with van der Waals surface area (Å²) in [5.74, 6) is -0.283. The van der Waals surface area contributed by atoms with Gasteiger partial charge in [0, 0.05) is 24.2 Å². The summed E-state index contributed by atoms with van der Waals surface area (Å²) in [6.07, 6.45) is -0.786. The molecule has 2 aromatic carbocycles. The second-order valence-electron chi connectivity index (χ2n) is 9.99. The van der Waals surface area contributed by atoms with Gasteiger partial charge >= 0.3 is 12.2 Å². The highest BCUT2D eigenvalue weighted by atomic mass is 19.4. The highest BCUT2D eigenvalue weighted by Crippen LogP contribution is 2.51. The number of benzene rings is 2. The van der Waals surface area contributed by atoms with E-state index in [0.717, 1.165) is 30.5 Å². The Labute approximate surface area is 208 Å². The van der Waals surface area contributed by atoms with Crippen LogP contribution in [0.5, 0.6) is 0 Å². The van der Waals surface area contributed by atoms with Crippen LogP contribution < -0.4 is 16.0 Å². The van der Waals surface area contributed by atoms with E-state index >= 15 is 0 Å². The minimum Gasteiger partial charge on any atom is -0.378 e. The van der Waals surface area contributed by atoms with Crippen molar-refractivity contribution < 1.29 is 22.8 Å². The summed E-state index contributed by atoms with van der Waals surface area (Å²) >= 11 is 0. The van der Waals surface area contributed by atoms with Crippen LogP contribution in [0.3, 0.4) is 0 Å². The van der Waals surface area contributed by atoms with Crippen LogP contribution in [0.4, 0.5) is 23.7 Å². The van der Waals surface area contributed by atoms with E-state index in [-0.39, 0.29) is 23.9 Å². The highest BCUT2D eigenvalue weighted by Gasteiger charge is 2.48. The summed E-state index contributed by atoms with van der Waals surface area (Å²) in [4.78, 5) is 28.1. The topological polar surface area (TPSA) is 73.5 Å². The maximum absolute atomic E-state index is 14.0. The van der Waals surface area contributed by atoms with Crippen molar-refractivity contribution in [1.82, 2.24) is 15.5 Å². The van der Waals surface area contributed by atoms with Gasteiger partial charge in [-0.1, -0.05) is 61.4 Å². The lowest BCUT2D eigenvalue weighted by Crippen LogP contribution is -2.53. The number of likely N-dealkylation sites (tertiary alicyclic amines) is 1. The van der Waals surface area contributed by atoms with Gasteiger partial charge in [-0.2, -0.15) is 13.2 Å². The highest BCUT2D eigenvalue weighted by molar-refractivity contribution is 5.82. The quantitative estimate of drug-likeness (QED) is 0.543. The number of rotatable bonds is 4. The second kappa shape index (κ2) is 10.0. The van der Waals surface area contributed by atoms with Gasteiger partial charge in [0.2, 0.25) is 5.91 Å². The lowest BCUT2D eigenvalue weighted by atomic mass is 9.79. The van der Waals surface area contributed by atoms with Crippen molar-refractivity contribution in [3.05, 3.63) is 65.7 Å². The van der Waals surface area contributed by atoms with Gasteiger partial charge in [-0.3, -0.25) is 4.79 Å². The summed E-state index contributed by atoms with van der Waals surface area (Å²) in [7, 11) is 0. The normalized spacial score (nSPS) is 27.4. The molecule has 1 saturated heterocycles. The Balaban J connectivity index is 1.37. The maximum Gasteiger partial charge on any atom is 0.405 e. The number of hydrogen-bond acceptors (Lipinski definition) is 3. The molecule has 1 aliphatic carbocycles. The maximum atomic E-state index is 14.0. The SMILES string of the molecule is O=C(NCC(F)(F)F)N[C@@H]1CCCC[C@@H]1C(=O)N1CC[C@@H]2[C@H](c3ccccc3)Nc3ccccc3[C@@H]21. The van der Waals surface area contributed by atoms with Crippen LogP contribution in [0.1, 0.15) is 55.3 Å². The molecule has 36 heavy (non-hydrogen) atoms. The van der Waals surface area contributed by atoms with Crippen molar-refractivity contribution >= 4 is 17.6 Å². The molecule has 9 heteroatoms. The van der Waals surface area contributed by atoms with Gasteiger partial charge in [-0.05, 0) is 36.5 Å². The number of hydrogen-bond donors (Lipinski definition) is 3. The molecule has 2 aliphatic heterocycles. The third kappa shape index (κ3) is 5.01. The third-order valence-electron chi connectivity index (χ3n) is 7.75. The fourth-order valence-corrected chi connectivity index (χ4v) is 6.17. The number of nitrogens with one attached hydrogen (secondary N) is 3. The summed E-state index contributed by atoms with van der Waals surface area (Å²) in [6.45, 7) is -0.790. The number of para-hydroxylation sites is 1. The smallest absolute Gasteiger partial charge is 0.378 e. The molecule has 3 N–H and O–H groups in total. The van der Waals surface area contributed by atoms with Gasteiger partial charge in [0.15, 0.2) is 0 Å². The van der Waals surface area contributed by atoms with Gasteiger partial charge in [0.05, 0.1) is 18.0 Å². The molecule has 0 aromatic heterocycles. The third-order valence-corrected chi connectivity index (χ3v) is 7.75. The molecule has 6 nitrogen and oxygen atoms in total. The van der Waals surface area contributed by atoms with E-state index in [2.05, 4.69) is 28.8 Å². The van der Waals surface area contributed by atoms with Gasteiger partial charge in [-0.15, -0.1) is 0 Å². The number of urea groups is 1. The number of carbonyl (C=O) groups excluding carboxylic acids is 2. The zero-order valence-corrected chi connectivity index (χ0v) is 19.9. The van der Waals surface area contributed by atoms with E-state index in [1.54, 1.807) is 0 Å². The number of fused-ring (bicyclic) bond motifs is 3. The lowest BCUT2D eigenvalue weighted by molar-refractivity contribution is -0.139. The molecule has 2 aromatic rings. The molecule has 1 saturated carbocycles. The Kier molecular flexibility index (Phi) is 6.81. The van der Waals surface area contributed by atoms with E-state index in [4.69, 9.17) is 0 Å². The number of halogens is 3. The van der Waals surface area contributed by atoms with Crippen LogP contribution in [0.2, 0.25) is 0 Å². The lowest BCUT2D eigenvalue weighted by Gasteiger charge is -2.42. The minimum absolute atomic E-state index is 0.0214. The monoisotopic (exact) mass is 500 g/mol. The fraction of sp³-hybridized carbons (Fsp3) is 0.481. The van der Waals surface area contributed by atoms with Crippen LogP contribution >= 0.6 is 0 Å². The largest absolute Gasteiger partial charge is 0.405 e. The van der Waals surface area contributed by atoms with Crippen molar-refractivity contribution in [3.63, 3.8) is 0 Å². The Morgan fingerprint density at radius 1 is 0.972 bits per heavy atom. The first-order chi connectivity index (χ1) is 17.3. The van der Waals surface area contributed by atoms with Gasteiger partial charge in [0.25, 0.3) is 0 Å². The predicted octanol–water partition coefficient (Wildman–Crippen LogP) is 5.16. The minimum atomic E-state index is -4.48. The Morgan fingerprint density at radius 2 is 1.69 bits per heavy atom. The zero-order valence-electron chi connectivity index (χ0n) is 19.9. The van der Waals surface area contributed by atoms with E-state index in [9.17, 15) is 22.8 Å². The van der Waals surface area contributed by atoms with E-state index in [1.807, 2.05) is 46.6 Å². The number of amides is 3. The molecule has 5 rings (SSSR count). The number of anilines is 1. The summed E-state index contributed by atoms with van der Waals surface area (Å²) in [6, 6.07) is 16.9. The molecule has 5 atom stereocenters. The van der Waals surface area contributed by atoms with Crippen molar-refractivity contribution in [3.8, 4) is 0 Å². The molecule has 0 bridgehead atoms.